The van der Waals surface area contributed by atoms with E-state index in [1.54, 1.807) is 0 Å². The molecule has 0 aliphatic carbocycles. The van der Waals surface area contributed by atoms with Gasteiger partial charge in [-0.15, -0.1) is 11.6 Å². The summed E-state index contributed by atoms with van der Waals surface area (Å²) in [6.45, 7) is 14.6. The van der Waals surface area contributed by atoms with Gasteiger partial charge in [-0.25, -0.2) is 4.79 Å². The summed E-state index contributed by atoms with van der Waals surface area (Å²) in [7, 11) is 2.17. The molecule has 1 amide bonds. The summed E-state index contributed by atoms with van der Waals surface area (Å²) < 4.78 is 5.21. The van der Waals surface area contributed by atoms with Gasteiger partial charge in [-0.3, -0.25) is 4.90 Å². The number of nitrogens with zero attached hydrogens (tertiary/aromatic N) is 2. The maximum Gasteiger partial charge on any atom is 0.407 e. The molecule has 0 aliphatic heterocycles. The van der Waals surface area contributed by atoms with Crippen LogP contribution in [0.3, 0.4) is 0 Å². The lowest BCUT2D eigenvalue weighted by molar-refractivity contribution is 0.0527. The fourth-order valence-corrected chi connectivity index (χ4v) is 2.67. The molecule has 0 bridgehead atoms. The van der Waals surface area contributed by atoms with Gasteiger partial charge in [0.05, 0.1) is 6.00 Å². The van der Waals surface area contributed by atoms with E-state index in [1.165, 1.54) is 12.8 Å². The Balaban J connectivity index is 3.56. The maximum absolute atomic E-state index is 11.5. The maximum atomic E-state index is 11.5. The molecule has 0 unspecified atom stereocenters. The number of rotatable bonds is 15. The number of ether oxygens (including phenoxy) is 1. The minimum atomic E-state index is -0.430. The zero-order valence-corrected chi connectivity index (χ0v) is 18.3. The number of halogens is 1. The van der Waals surface area contributed by atoms with Crippen molar-refractivity contribution in [3.8, 4) is 0 Å². The Morgan fingerprint density at radius 3 is 2.31 bits per heavy atom. The van der Waals surface area contributed by atoms with Crippen molar-refractivity contribution in [3.63, 3.8) is 0 Å². The number of alkyl halides is 1. The molecule has 0 saturated carbocycles. The predicted molar refractivity (Wildman–Crippen MR) is 111 cm³/mol. The van der Waals surface area contributed by atoms with Gasteiger partial charge >= 0.3 is 6.09 Å². The first-order valence-corrected chi connectivity index (χ1v) is 10.5. The molecule has 0 aromatic rings. The van der Waals surface area contributed by atoms with Crippen LogP contribution in [0.25, 0.3) is 0 Å². The molecule has 0 radical (unpaired) electrons. The van der Waals surface area contributed by atoms with Crippen LogP contribution in [0, 0.1) is 0 Å². The number of hydrogen-bond acceptors (Lipinski definition) is 5. The van der Waals surface area contributed by atoms with E-state index < -0.39 is 5.60 Å². The van der Waals surface area contributed by atoms with E-state index in [-0.39, 0.29) is 6.09 Å². The van der Waals surface area contributed by atoms with Crippen LogP contribution >= 0.6 is 11.6 Å². The molecule has 0 rings (SSSR count). The molecule has 0 atom stereocenters. The van der Waals surface area contributed by atoms with Crippen molar-refractivity contribution in [3.05, 3.63) is 0 Å². The van der Waals surface area contributed by atoms with E-state index in [4.69, 9.17) is 16.3 Å². The molecular weight excluding hydrogens is 352 g/mol. The van der Waals surface area contributed by atoms with E-state index >= 15 is 0 Å². The van der Waals surface area contributed by atoms with Crippen LogP contribution in [0.1, 0.15) is 53.4 Å². The molecule has 156 valence electrons. The smallest absolute Gasteiger partial charge is 0.407 e. The van der Waals surface area contributed by atoms with Gasteiger partial charge in [0.25, 0.3) is 0 Å². The minimum Gasteiger partial charge on any atom is -0.444 e. The van der Waals surface area contributed by atoms with Crippen LogP contribution in [-0.4, -0.2) is 80.4 Å². The Kier molecular flexibility index (Phi) is 15.2. The summed E-state index contributed by atoms with van der Waals surface area (Å²) in [6.07, 6.45) is 4.16. The monoisotopic (exact) mass is 392 g/mol. The van der Waals surface area contributed by atoms with Crippen molar-refractivity contribution < 1.29 is 9.53 Å². The standard InChI is InChI=1S/C19H41ClN4O2/c1-6-21-12-14-24(17-20)16-15-23(5)13-10-8-7-9-11-22-18(25)26-19(2,3)4/h21H,6-17H2,1-5H3,(H,22,25). The molecule has 0 aromatic carbocycles. The van der Waals surface area contributed by atoms with E-state index in [1.807, 2.05) is 20.8 Å². The van der Waals surface area contributed by atoms with Crippen molar-refractivity contribution in [1.29, 1.82) is 0 Å². The lowest BCUT2D eigenvalue weighted by Gasteiger charge is -2.23. The Bertz CT molecular complexity index is 351. The molecule has 0 heterocycles. The van der Waals surface area contributed by atoms with Crippen molar-refractivity contribution in [1.82, 2.24) is 20.4 Å². The lowest BCUT2D eigenvalue weighted by Crippen LogP contribution is -2.37. The summed E-state index contributed by atoms with van der Waals surface area (Å²) in [5, 5.41) is 6.13. The lowest BCUT2D eigenvalue weighted by atomic mass is 10.2. The van der Waals surface area contributed by atoms with Gasteiger partial charge in [-0.2, -0.15) is 0 Å². The second-order valence-corrected chi connectivity index (χ2v) is 7.98. The van der Waals surface area contributed by atoms with Crippen LogP contribution in [0.15, 0.2) is 0 Å². The van der Waals surface area contributed by atoms with Crippen LogP contribution < -0.4 is 10.6 Å². The van der Waals surface area contributed by atoms with Gasteiger partial charge in [0, 0.05) is 32.7 Å². The molecule has 0 aliphatic rings. The van der Waals surface area contributed by atoms with Crippen molar-refractivity contribution in [2.24, 2.45) is 0 Å². The fourth-order valence-electron chi connectivity index (χ4n) is 2.43. The summed E-state index contributed by atoms with van der Waals surface area (Å²) in [5.41, 5.74) is -0.430. The summed E-state index contributed by atoms with van der Waals surface area (Å²) in [4.78, 5) is 16.1. The Hall–Kier alpha value is -0.560. The van der Waals surface area contributed by atoms with Crippen LogP contribution in [-0.2, 0) is 4.74 Å². The number of nitrogens with one attached hydrogen (secondary N) is 2. The first kappa shape index (κ1) is 25.4. The van der Waals surface area contributed by atoms with E-state index in [0.29, 0.717) is 12.5 Å². The Morgan fingerprint density at radius 1 is 1.00 bits per heavy atom. The Labute approximate surface area is 166 Å². The summed E-state index contributed by atoms with van der Waals surface area (Å²) in [5.74, 6) is 0. The van der Waals surface area contributed by atoms with Gasteiger partial charge in [-0.1, -0.05) is 19.8 Å². The molecule has 0 saturated heterocycles. The van der Waals surface area contributed by atoms with E-state index in [2.05, 4.69) is 34.4 Å². The molecule has 26 heavy (non-hydrogen) atoms. The zero-order valence-electron chi connectivity index (χ0n) is 17.6. The van der Waals surface area contributed by atoms with Gasteiger partial charge in [-0.05, 0) is 53.8 Å². The first-order valence-electron chi connectivity index (χ1n) is 9.93. The second-order valence-electron chi connectivity index (χ2n) is 7.74. The number of carbonyl (C=O) groups is 1. The number of likely N-dealkylation sites (N-methyl/N-ethyl adjacent to an activating group) is 2. The largest absolute Gasteiger partial charge is 0.444 e. The predicted octanol–water partition coefficient (Wildman–Crippen LogP) is 3.11. The minimum absolute atomic E-state index is 0.324. The SMILES string of the molecule is CCNCCN(CCl)CCN(C)CCCCCCNC(=O)OC(C)(C)C. The normalized spacial score (nSPS) is 12.0. The van der Waals surface area contributed by atoms with Crippen molar-refractivity contribution >= 4 is 17.7 Å². The number of alkyl carbamates (subject to hydrolysis) is 1. The van der Waals surface area contributed by atoms with Crippen molar-refractivity contribution in [2.75, 3.05) is 58.9 Å². The second kappa shape index (κ2) is 15.5. The first-order chi connectivity index (χ1) is 12.3. The number of amides is 1. The van der Waals surface area contributed by atoms with Gasteiger partial charge in [0.2, 0.25) is 0 Å². The molecule has 6 nitrogen and oxygen atoms in total. The van der Waals surface area contributed by atoms with Gasteiger partial charge in [0.15, 0.2) is 0 Å². The van der Waals surface area contributed by atoms with Crippen molar-refractivity contribution in [2.45, 2.75) is 59.0 Å². The quantitative estimate of drug-likeness (QED) is 0.255. The van der Waals surface area contributed by atoms with Crippen LogP contribution in [0.5, 0.6) is 0 Å². The highest BCUT2D eigenvalue weighted by molar-refractivity contribution is 6.17. The van der Waals surface area contributed by atoms with Gasteiger partial charge in [0.1, 0.15) is 5.60 Å². The highest BCUT2D eigenvalue weighted by atomic mass is 35.5. The molecule has 2 N–H and O–H groups in total. The highest BCUT2D eigenvalue weighted by Crippen LogP contribution is 2.06. The van der Waals surface area contributed by atoms with Gasteiger partial charge < -0.3 is 20.3 Å². The topological polar surface area (TPSA) is 56.8 Å². The average molecular weight is 393 g/mol. The average Bonchev–Trinajstić information content (AvgIpc) is 2.55. The van der Waals surface area contributed by atoms with E-state index in [9.17, 15) is 4.79 Å². The molecule has 0 spiro atoms. The Morgan fingerprint density at radius 2 is 1.69 bits per heavy atom. The number of unbranched alkanes of at least 4 members (excludes halogenated alkanes) is 3. The van der Waals surface area contributed by atoms with Crippen LogP contribution in [0.4, 0.5) is 4.79 Å². The summed E-state index contributed by atoms with van der Waals surface area (Å²) >= 11 is 6.00. The zero-order chi connectivity index (χ0) is 19.8. The van der Waals surface area contributed by atoms with Crippen LogP contribution in [0.2, 0.25) is 0 Å². The molecular formula is C19H41ClN4O2. The highest BCUT2D eigenvalue weighted by Gasteiger charge is 2.15. The molecule has 0 aromatic heterocycles. The third-order valence-electron chi connectivity index (χ3n) is 3.96. The number of hydrogen-bond donors (Lipinski definition) is 2. The molecule has 0 fully saturated rings. The fraction of sp³-hybridized carbons (Fsp3) is 0.947. The third kappa shape index (κ3) is 16.9. The third-order valence-corrected chi connectivity index (χ3v) is 4.29. The summed E-state index contributed by atoms with van der Waals surface area (Å²) in [6, 6.07) is 0.587. The van der Waals surface area contributed by atoms with E-state index in [0.717, 1.165) is 52.1 Å². The molecule has 7 heteroatoms. The number of carbonyl (C=O) groups excluding carboxylic acids is 1.